The largest absolute Gasteiger partial charge is 0.378 e. The molecular formula is C16H30O. The Kier molecular flexibility index (Phi) is 5.34. The number of hydrogen-bond donors (Lipinski definition) is 0. The molecule has 17 heavy (non-hydrogen) atoms. The lowest BCUT2D eigenvalue weighted by Gasteiger charge is -2.39. The third-order valence-corrected chi connectivity index (χ3v) is 4.65. The highest BCUT2D eigenvalue weighted by Gasteiger charge is 2.32. The van der Waals surface area contributed by atoms with Crippen LogP contribution in [0.4, 0.5) is 0 Å². The summed E-state index contributed by atoms with van der Waals surface area (Å²) in [5.74, 6) is 2.56. The van der Waals surface area contributed by atoms with Crippen molar-refractivity contribution in [1.29, 1.82) is 0 Å². The van der Waals surface area contributed by atoms with Crippen LogP contribution in [0.3, 0.4) is 0 Å². The Balaban J connectivity index is 1.86. The molecule has 0 aromatic carbocycles. The van der Waals surface area contributed by atoms with E-state index in [1.54, 1.807) is 0 Å². The Morgan fingerprint density at radius 1 is 0.882 bits per heavy atom. The zero-order valence-electron chi connectivity index (χ0n) is 11.8. The summed E-state index contributed by atoms with van der Waals surface area (Å²) in [6, 6.07) is 0. The minimum absolute atomic E-state index is 0.592. The molecule has 0 saturated heterocycles. The first-order valence-electron chi connectivity index (χ1n) is 7.89. The van der Waals surface area contributed by atoms with Crippen LogP contribution in [-0.2, 0) is 4.74 Å². The molecule has 2 aliphatic rings. The summed E-state index contributed by atoms with van der Waals surface area (Å²) in [6.45, 7) is 5.49. The van der Waals surface area contributed by atoms with E-state index in [2.05, 4.69) is 13.8 Å². The lowest BCUT2D eigenvalue weighted by Crippen LogP contribution is -2.35. The molecule has 0 radical (unpaired) electrons. The van der Waals surface area contributed by atoms with E-state index in [0.717, 1.165) is 18.4 Å². The van der Waals surface area contributed by atoms with Crippen LogP contribution in [0.15, 0.2) is 0 Å². The van der Waals surface area contributed by atoms with E-state index >= 15 is 0 Å². The van der Waals surface area contributed by atoms with Crippen molar-refractivity contribution in [2.75, 3.05) is 6.61 Å². The predicted octanol–water partition coefficient (Wildman–Crippen LogP) is 4.80. The first-order valence-corrected chi connectivity index (χ1v) is 7.89. The summed E-state index contributed by atoms with van der Waals surface area (Å²) < 4.78 is 6.21. The van der Waals surface area contributed by atoms with Crippen LogP contribution in [0.5, 0.6) is 0 Å². The molecule has 2 saturated carbocycles. The van der Waals surface area contributed by atoms with Crippen LogP contribution in [0.1, 0.15) is 71.6 Å². The second kappa shape index (κ2) is 6.78. The summed E-state index contributed by atoms with van der Waals surface area (Å²) in [5, 5.41) is 0. The average molecular weight is 238 g/mol. The highest BCUT2D eigenvalue weighted by Crippen LogP contribution is 2.39. The number of ether oxygens (including phenoxy) is 1. The Bertz CT molecular complexity index is 206. The Hall–Kier alpha value is -0.0400. The van der Waals surface area contributed by atoms with Gasteiger partial charge in [0.25, 0.3) is 0 Å². The van der Waals surface area contributed by atoms with Crippen molar-refractivity contribution in [3.8, 4) is 0 Å². The van der Waals surface area contributed by atoms with Crippen LogP contribution < -0.4 is 0 Å². The first-order chi connectivity index (χ1) is 8.27. The zero-order chi connectivity index (χ0) is 12.1. The van der Waals surface area contributed by atoms with Gasteiger partial charge in [0.2, 0.25) is 0 Å². The van der Waals surface area contributed by atoms with Gasteiger partial charge in [0.1, 0.15) is 0 Å². The van der Waals surface area contributed by atoms with Crippen LogP contribution in [0, 0.1) is 17.8 Å². The van der Waals surface area contributed by atoms with Gasteiger partial charge in [0.15, 0.2) is 0 Å². The fraction of sp³-hybridized carbons (Fsp3) is 1.00. The van der Waals surface area contributed by atoms with E-state index in [1.807, 2.05) is 0 Å². The average Bonchev–Trinajstić information content (AvgIpc) is 2.38. The standard InChI is InChI=1S/C16H30O/c1-13(2)12-17-16-11-7-6-10-15(16)14-8-4-3-5-9-14/h13-16H,3-12H2,1-2H3. The molecule has 2 aliphatic carbocycles. The predicted molar refractivity (Wildman–Crippen MR) is 73.1 cm³/mol. The summed E-state index contributed by atoms with van der Waals surface area (Å²) in [5.41, 5.74) is 0. The molecule has 0 aromatic heterocycles. The highest BCUT2D eigenvalue weighted by molar-refractivity contribution is 4.83. The second-order valence-electron chi connectivity index (χ2n) is 6.61. The monoisotopic (exact) mass is 238 g/mol. The molecule has 1 nitrogen and oxygen atoms in total. The topological polar surface area (TPSA) is 9.23 Å². The van der Waals surface area contributed by atoms with Crippen molar-refractivity contribution in [2.24, 2.45) is 17.8 Å². The molecule has 0 amide bonds. The summed E-state index contributed by atoms with van der Waals surface area (Å²) in [6.07, 6.45) is 13.6. The zero-order valence-corrected chi connectivity index (χ0v) is 11.8. The van der Waals surface area contributed by atoms with Gasteiger partial charge in [-0.15, -0.1) is 0 Å². The molecule has 0 spiro atoms. The lowest BCUT2D eigenvalue weighted by atomic mass is 9.72. The molecule has 0 aromatic rings. The maximum Gasteiger partial charge on any atom is 0.0606 e. The molecule has 0 bridgehead atoms. The Morgan fingerprint density at radius 2 is 1.53 bits per heavy atom. The number of hydrogen-bond acceptors (Lipinski definition) is 1. The van der Waals surface area contributed by atoms with Gasteiger partial charge in [-0.2, -0.15) is 0 Å². The molecule has 2 fully saturated rings. The molecule has 2 rings (SSSR count). The smallest absolute Gasteiger partial charge is 0.0606 e. The molecule has 2 atom stereocenters. The van der Waals surface area contributed by atoms with Gasteiger partial charge in [-0.3, -0.25) is 0 Å². The summed E-state index contributed by atoms with van der Waals surface area (Å²) >= 11 is 0. The number of rotatable bonds is 4. The molecule has 0 heterocycles. The molecule has 2 unspecified atom stereocenters. The van der Waals surface area contributed by atoms with Crippen molar-refractivity contribution < 1.29 is 4.74 Å². The molecule has 0 N–H and O–H groups in total. The van der Waals surface area contributed by atoms with Crippen molar-refractivity contribution >= 4 is 0 Å². The van der Waals surface area contributed by atoms with Gasteiger partial charge in [0.05, 0.1) is 6.10 Å². The van der Waals surface area contributed by atoms with Crippen molar-refractivity contribution in [1.82, 2.24) is 0 Å². The van der Waals surface area contributed by atoms with Gasteiger partial charge in [-0.1, -0.05) is 58.8 Å². The molecular weight excluding hydrogens is 208 g/mol. The molecule has 1 heteroatoms. The maximum atomic E-state index is 6.21. The van der Waals surface area contributed by atoms with E-state index in [4.69, 9.17) is 4.74 Å². The minimum atomic E-state index is 0.592. The van der Waals surface area contributed by atoms with Gasteiger partial charge in [0, 0.05) is 6.61 Å². The van der Waals surface area contributed by atoms with Crippen molar-refractivity contribution in [2.45, 2.75) is 77.7 Å². The van der Waals surface area contributed by atoms with Gasteiger partial charge < -0.3 is 4.74 Å². The van der Waals surface area contributed by atoms with Crippen molar-refractivity contribution in [3.05, 3.63) is 0 Å². The van der Waals surface area contributed by atoms with Crippen LogP contribution in [0.25, 0.3) is 0 Å². The van der Waals surface area contributed by atoms with Gasteiger partial charge in [-0.05, 0) is 30.6 Å². The molecule has 100 valence electrons. The summed E-state index contributed by atoms with van der Waals surface area (Å²) in [4.78, 5) is 0. The van der Waals surface area contributed by atoms with E-state index < -0.39 is 0 Å². The van der Waals surface area contributed by atoms with Gasteiger partial charge >= 0.3 is 0 Å². The second-order valence-corrected chi connectivity index (χ2v) is 6.61. The quantitative estimate of drug-likeness (QED) is 0.683. The summed E-state index contributed by atoms with van der Waals surface area (Å²) in [7, 11) is 0. The van der Waals surface area contributed by atoms with E-state index in [9.17, 15) is 0 Å². The lowest BCUT2D eigenvalue weighted by molar-refractivity contribution is -0.0460. The fourth-order valence-electron chi connectivity index (χ4n) is 3.75. The fourth-order valence-corrected chi connectivity index (χ4v) is 3.75. The normalized spacial score (nSPS) is 31.9. The van der Waals surface area contributed by atoms with Crippen molar-refractivity contribution in [3.63, 3.8) is 0 Å². The Labute approximate surface area is 107 Å². The third kappa shape index (κ3) is 3.98. The molecule has 0 aliphatic heterocycles. The highest BCUT2D eigenvalue weighted by atomic mass is 16.5. The maximum absolute atomic E-state index is 6.21. The van der Waals surface area contributed by atoms with E-state index in [1.165, 1.54) is 57.8 Å². The third-order valence-electron chi connectivity index (χ3n) is 4.65. The first kappa shape index (κ1) is 13.4. The van der Waals surface area contributed by atoms with E-state index in [-0.39, 0.29) is 0 Å². The van der Waals surface area contributed by atoms with Crippen LogP contribution >= 0.6 is 0 Å². The Morgan fingerprint density at radius 3 is 2.24 bits per heavy atom. The van der Waals surface area contributed by atoms with Crippen LogP contribution in [-0.4, -0.2) is 12.7 Å². The van der Waals surface area contributed by atoms with Gasteiger partial charge in [-0.25, -0.2) is 0 Å². The minimum Gasteiger partial charge on any atom is -0.378 e. The van der Waals surface area contributed by atoms with E-state index in [0.29, 0.717) is 12.0 Å². The SMILES string of the molecule is CC(C)COC1CCCCC1C1CCCCC1. The van der Waals surface area contributed by atoms with Crippen LogP contribution in [0.2, 0.25) is 0 Å².